The highest BCUT2D eigenvalue weighted by atomic mass is 35.5. The second-order valence-corrected chi connectivity index (χ2v) is 7.44. The van der Waals surface area contributed by atoms with Crippen LogP contribution in [0.3, 0.4) is 0 Å². The molecule has 7 heteroatoms. The molecular weight excluding hydrogens is 378 g/mol. The Morgan fingerprint density at radius 2 is 1.68 bits per heavy atom. The zero-order chi connectivity index (χ0) is 20.1. The van der Waals surface area contributed by atoms with Gasteiger partial charge in [0.15, 0.2) is 0 Å². The monoisotopic (exact) mass is 401 g/mol. The molecule has 0 saturated carbocycles. The van der Waals surface area contributed by atoms with Crippen molar-refractivity contribution in [1.29, 1.82) is 0 Å². The number of nitrogens with one attached hydrogen (secondary N) is 2. The normalized spacial score (nSPS) is 19.8. The molecule has 6 nitrogen and oxygen atoms in total. The number of nitrogens with zero attached hydrogens (tertiary/aromatic N) is 1. The van der Waals surface area contributed by atoms with Crippen molar-refractivity contribution in [3.8, 4) is 0 Å². The minimum Gasteiger partial charge on any atom is -0.373 e. The van der Waals surface area contributed by atoms with Crippen molar-refractivity contribution in [2.45, 2.75) is 26.1 Å². The summed E-state index contributed by atoms with van der Waals surface area (Å²) >= 11 is 5.87. The van der Waals surface area contributed by atoms with Crippen LogP contribution in [0.15, 0.2) is 48.5 Å². The van der Waals surface area contributed by atoms with Crippen molar-refractivity contribution < 1.29 is 14.3 Å². The fourth-order valence-electron chi connectivity index (χ4n) is 3.33. The van der Waals surface area contributed by atoms with E-state index in [-0.39, 0.29) is 30.6 Å². The zero-order valence-corrected chi connectivity index (χ0v) is 16.7. The van der Waals surface area contributed by atoms with E-state index in [1.807, 2.05) is 13.8 Å². The molecule has 2 aromatic rings. The van der Waals surface area contributed by atoms with Gasteiger partial charge in [-0.25, -0.2) is 0 Å². The summed E-state index contributed by atoms with van der Waals surface area (Å²) < 4.78 is 5.70. The standard InChI is InChI=1S/C21H24ClN3O3/c1-14-11-25(12-15(2)28-14)13-20(26)24-19-6-4-3-5-18(19)21(27)23-17-9-7-16(22)8-10-17/h3-10,14-15H,11-13H2,1-2H3,(H,23,27)(H,24,26)/t14-,15+. The quantitative estimate of drug-likeness (QED) is 0.802. The number of halogens is 1. The summed E-state index contributed by atoms with van der Waals surface area (Å²) in [6, 6.07) is 13.8. The fourth-order valence-corrected chi connectivity index (χ4v) is 3.45. The molecule has 1 fully saturated rings. The van der Waals surface area contributed by atoms with Gasteiger partial charge in [0.1, 0.15) is 0 Å². The van der Waals surface area contributed by atoms with Gasteiger partial charge in [-0.15, -0.1) is 0 Å². The van der Waals surface area contributed by atoms with E-state index < -0.39 is 0 Å². The lowest BCUT2D eigenvalue weighted by Crippen LogP contribution is -2.48. The van der Waals surface area contributed by atoms with Crippen molar-refractivity contribution >= 4 is 34.8 Å². The van der Waals surface area contributed by atoms with E-state index in [4.69, 9.17) is 16.3 Å². The molecule has 0 aliphatic carbocycles. The molecule has 0 unspecified atom stereocenters. The third-order valence-corrected chi connectivity index (χ3v) is 4.66. The maximum atomic E-state index is 12.7. The first-order valence-electron chi connectivity index (χ1n) is 9.24. The van der Waals surface area contributed by atoms with E-state index >= 15 is 0 Å². The van der Waals surface area contributed by atoms with Gasteiger partial charge in [-0.1, -0.05) is 23.7 Å². The van der Waals surface area contributed by atoms with Gasteiger partial charge in [0.05, 0.1) is 30.0 Å². The lowest BCUT2D eigenvalue weighted by molar-refractivity contribution is -0.121. The van der Waals surface area contributed by atoms with E-state index in [0.29, 0.717) is 35.1 Å². The smallest absolute Gasteiger partial charge is 0.257 e. The Morgan fingerprint density at radius 1 is 1.04 bits per heavy atom. The highest BCUT2D eigenvalue weighted by molar-refractivity contribution is 6.30. The van der Waals surface area contributed by atoms with Crippen molar-refractivity contribution in [3.05, 3.63) is 59.1 Å². The van der Waals surface area contributed by atoms with Crippen LogP contribution in [0.4, 0.5) is 11.4 Å². The van der Waals surface area contributed by atoms with Crippen molar-refractivity contribution in [2.75, 3.05) is 30.3 Å². The Kier molecular flexibility index (Phi) is 6.67. The molecule has 1 aliphatic rings. The predicted octanol–water partition coefficient (Wildman–Crippen LogP) is 3.64. The first kappa shape index (κ1) is 20.3. The number of amides is 2. The van der Waals surface area contributed by atoms with Gasteiger partial charge in [0, 0.05) is 23.8 Å². The Labute approximate surface area is 169 Å². The minimum atomic E-state index is -0.299. The van der Waals surface area contributed by atoms with E-state index in [2.05, 4.69) is 15.5 Å². The summed E-state index contributed by atoms with van der Waals surface area (Å²) in [6.07, 6.45) is 0.183. The van der Waals surface area contributed by atoms with Crippen LogP contribution in [-0.2, 0) is 9.53 Å². The molecule has 0 bridgehead atoms. The van der Waals surface area contributed by atoms with E-state index in [9.17, 15) is 9.59 Å². The Balaban J connectivity index is 1.65. The topological polar surface area (TPSA) is 70.7 Å². The lowest BCUT2D eigenvalue weighted by Gasteiger charge is -2.34. The van der Waals surface area contributed by atoms with Crippen LogP contribution in [0.1, 0.15) is 24.2 Å². The van der Waals surface area contributed by atoms with Gasteiger partial charge in [-0.05, 0) is 50.2 Å². The van der Waals surface area contributed by atoms with Gasteiger partial charge >= 0.3 is 0 Å². The molecule has 2 aromatic carbocycles. The number of ether oxygens (including phenoxy) is 1. The number of hydrogen-bond donors (Lipinski definition) is 2. The average molecular weight is 402 g/mol. The fraction of sp³-hybridized carbons (Fsp3) is 0.333. The molecule has 0 aromatic heterocycles. The second kappa shape index (κ2) is 9.19. The van der Waals surface area contributed by atoms with Crippen molar-refractivity contribution in [3.63, 3.8) is 0 Å². The predicted molar refractivity (Wildman–Crippen MR) is 111 cm³/mol. The van der Waals surface area contributed by atoms with E-state index in [0.717, 1.165) is 0 Å². The molecule has 2 N–H and O–H groups in total. The molecule has 1 saturated heterocycles. The summed E-state index contributed by atoms with van der Waals surface area (Å²) in [7, 11) is 0. The van der Waals surface area contributed by atoms with Gasteiger partial charge in [-0.2, -0.15) is 0 Å². The minimum absolute atomic E-state index is 0.0917. The van der Waals surface area contributed by atoms with Crippen molar-refractivity contribution in [1.82, 2.24) is 4.90 Å². The highest BCUT2D eigenvalue weighted by Crippen LogP contribution is 2.19. The maximum Gasteiger partial charge on any atom is 0.257 e. The van der Waals surface area contributed by atoms with Crippen LogP contribution < -0.4 is 10.6 Å². The molecule has 0 radical (unpaired) electrons. The van der Waals surface area contributed by atoms with E-state index in [1.165, 1.54) is 0 Å². The molecule has 2 atom stereocenters. The first-order valence-corrected chi connectivity index (χ1v) is 9.62. The average Bonchev–Trinajstić information content (AvgIpc) is 2.63. The molecular formula is C21H24ClN3O3. The number of anilines is 2. The lowest BCUT2D eigenvalue weighted by atomic mass is 10.1. The van der Waals surface area contributed by atoms with Crippen LogP contribution in [0.25, 0.3) is 0 Å². The van der Waals surface area contributed by atoms with Crippen LogP contribution in [0.5, 0.6) is 0 Å². The molecule has 148 valence electrons. The van der Waals surface area contributed by atoms with Crippen LogP contribution in [0.2, 0.25) is 5.02 Å². The van der Waals surface area contributed by atoms with Gasteiger partial charge in [-0.3, -0.25) is 14.5 Å². The summed E-state index contributed by atoms with van der Waals surface area (Å²) in [6.45, 7) is 5.66. The Hall–Kier alpha value is -2.41. The Morgan fingerprint density at radius 3 is 2.36 bits per heavy atom. The highest BCUT2D eigenvalue weighted by Gasteiger charge is 2.24. The zero-order valence-electron chi connectivity index (χ0n) is 15.9. The SMILES string of the molecule is C[C@@H]1CN(CC(=O)Nc2ccccc2C(=O)Nc2ccc(Cl)cc2)C[C@H](C)O1. The van der Waals surface area contributed by atoms with E-state index in [1.54, 1.807) is 48.5 Å². The van der Waals surface area contributed by atoms with Gasteiger partial charge in [0.25, 0.3) is 5.91 Å². The van der Waals surface area contributed by atoms with Gasteiger partial charge < -0.3 is 15.4 Å². The van der Waals surface area contributed by atoms with Gasteiger partial charge in [0.2, 0.25) is 5.91 Å². The number of benzene rings is 2. The largest absolute Gasteiger partial charge is 0.373 e. The number of para-hydroxylation sites is 1. The number of morpholine rings is 1. The molecule has 3 rings (SSSR count). The number of hydrogen-bond acceptors (Lipinski definition) is 4. The van der Waals surface area contributed by atoms with Crippen molar-refractivity contribution in [2.24, 2.45) is 0 Å². The molecule has 2 amide bonds. The summed E-state index contributed by atoms with van der Waals surface area (Å²) in [5.74, 6) is -0.458. The molecule has 0 spiro atoms. The Bertz CT molecular complexity index is 831. The third kappa shape index (κ3) is 5.55. The summed E-state index contributed by atoms with van der Waals surface area (Å²) in [5.41, 5.74) is 1.51. The van der Waals surface area contributed by atoms with Crippen LogP contribution in [0, 0.1) is 0 Å². The number of rotatable bonds is 5. The number of carbonyl (C=O) groups is 2. The second-order valence-electron chi connectivity index (χ2n) is 7.01. The first-order chi connectivity index (χ1) is 13.4. The molecule has 1 heterocycles. The molecule has 28 heavy (non-hydrogen) atoms. The molecule has 1 aliphatic heterocycles. The summed E-state index contributed by atoms with van der Waals surface area (Å²) in [5, 5.41) is 6.27. The summed E-state index contributed by atoms with van der Waals surface area (Å²) in [4.78, 5) is 27.2. The number of carbonyl (C=O) groups excluding carboxylic acids is 2. The third-order valence-electron chi connectivity index (χ3n) is 4.41. The van der Waals surface area contributed by atoms with Crippen LogP contribution >= 0.6 is 11.6 Å². The van der Waals surface area contributed by atoms with Crippen LogP contribution in [-0.4, -0.2) is 48.6 Å². The maximum absolute atomic E-state index is 12.7.